The number of carbonyl (C=O) groups excluding carboxylic acids is 1. The van der Waals surface area contributed by atoms with Crippen LogP contribution in [0.25, 0.3) is 21.3 Å². The fraction of sp³-hybridized carbons (Fsp3) is 0.231. The van der Waals surface area contributed by atoms with Gasteiger partial charge in [0.05, 0.1) is 11.8 Å². The van der Waals surface area contributed by atoms with Gasteiger partial charge in [0.15, 0.2) is 5.13 Å². The highest BCUT2D eigenvalue weighted by molar-refractivity contribution is 7.23. The number of nitrogens with zero attached hydrogens (tertiary/aromatic N) is 2. The number of amides is 1. The standard InChI is InChI=1S/C26H28N4O2S/c1-30(2)16-15-27-17-18-9-11-20(12-10-18)25(31)29-26-28-23-22(32-3)14-13-21(24(23)33-26)19-7-5-4-6-8-19/h4-14,27H,15-17H2,1-3H3,(H,28,29,31). The van der Waals surface area contributed by atoms with E-state index in [0.717, 1.165) is 46.5 Å². The van der Waals surface area contributed by atoms with Crippen LogP contribution in [0.15, 0.2) is 66.7 Å². The Hall–Kier alpha value is -3.26. The van der Waals surface area contributed by atoms with Crippen LogP contribution in [0.3, 0.4) is 0 Å². The highest BCUT2D eigenvalue weighted by atomic mass is 32.1. The Bertz CT molecular complexity index is 1220. The summed E-state index contributed by atoms with van der Waals surface area (Å²) in [4.78, 5) is 19.7. The van der Waals surface area contributed by atoms with Crippen molar-refractivity contribution in [2.45, 2.75) is 6.54 Å². The summed E-state index contributed by atoms with van der Waals surface area (Å²) in [6, 6.07) is 21.8. The number of fused-ring (bicyclic) bond motifs is 1. The number of thiazole rings is 1. The zero-order chi connectivity index (χ0) is 23.2. The lowest BCUT2D eigenvalue weighted by molar-refractivity contribution is 0.102. The van der Waals surface area contributed by atoms with E-state index in [-0.39, 0.29) is 5.91 Å². The summed E-state index contributed by atoms with van der Waals surface area (Å²) in [5.41, 5.74) is 4.65. The molecule has 1 aromatic heterocycles. The van der Waals surface area contributed by atoms with E-state index in [1.807, 2.05) is 54.6 Å². The predicted octanol–water partition coefficient (Wildman–Crippen LogP) is 4.88. The highest BCUT2D eigenvalue weighted by Gasteiger charge is 2.16. The first-order chi connectivity index (χ1) is 16.0. The Labute approximate surface area is 198 Å². The fourth-order valence-corrected chi connectivity index (χ4v) is 4.54. The Morgan fingerprint density at radius 3 is 2.48 bits per heavy atom. The number of hydrogen-bond donors (Lipinski definition) is 2. The second-order valence-electron chi connectivity index (χ2n) is 8.01. The second kappa shape index (κ2) is 10.6. The summed E-state index contributed by atoms with van der Waals surface area (Å²) < 4.78 is 6.49. The third-order valence-corrected chi connectivity index (χ3v) is 6.32. The normalized spacial score (nSPS) is 11.2. The second-order valence-corrected chi connectivity index (χ2v) is 9.01. The number of rotatable bonds is 9. The molecule has 0 saturated heterocycles. The van der Waals surface area contributed by atoms with Crippen LogP contribution in [0.5, 0.6) is 5.75 Å². The molecule has 0 aliphatic heterocycles. The van der Waals surface area contributed by atoms with Crippen LogP contribution < -0.4 is 15.4 Å². The van der Waals surface area contributed by atoms with Gasteiger partial charge in [-0.2, -0.15) is 0 Å². The first-order valence-electron chi connectivity index (χ1n) is 10.8. The van der Waals surface area contributed by atoms with Crippen molar-refractivity contribution in [1.82, 2.24) is 15.2 Å². The number of ether oxygens (including phenoxy) is 1. The molecule has 1 heterocycles. The van der Waals surface area contributed by atoms with Crippen molar-refractivity contribution in [2.24, 2.45) is 0 Å². The number of aromatic nitrogens is 1. The van der Waals surface area contributed by atoms with Crippen LogP contribution in [0.2, 0.25) is 0 Å². The minimum absolute atomic E-state index is 0.179. The zero-order valence-corrected chi connectivity index (χ0v) is 19.9. The van der Waals surface area contributed by atoms with E-state index >= 15 is 0 Å². The maximum absolute atomic E-state index is 12.9. The number of nitrogens with one attached hydrogen (secondary N) is 2. The lowest BCUT2D eigenvalue weighted by atomic mass is 10.1. The molecule has 0 saturated carbocycles. The third-order valence-electron chi connectivity index (χ3n) is 5.31. The molecule has 2 N–H and O–H groups in total. The molecule has 7 heteroatoms. The molecule has 3 aromatic carbocycles. The van der Waals surface area contributed by atoms with Crippen LogP contribution in [0, 0.1) is 0 Å². The minimum Gasteiger partial charge on any atom is -0.494 e. The molecular formula is C26H28N4O2S. The van der Waals surface area contributed by atoms with Gasteiger partial charge in [-0.25, -0.2) is 4.98 Å². The van der Waals surface area contributed by atoms with Gasteiger partial charge >= 0.3 is 0 Å². The van der Waals surface area contributed by atoms with Crippen LogP contribution >= 0.6 is 11.3 Å². The molecule has 0 spiro atoms. The van der Waals surface area contributed by atoms with E-state index in [0.29, 0.717) is 16.4 Å². The molecule has 0 radical (unpaired) electrons. The summed E-state index contributed by atoms with van der Waals surface area (Å²) in [5, 5.41) is 6.90. The number of carbonyl (C=O) groups is 1. The zero-order valence-electron chi connectivity index (χ0n) is 19.1. The van der Waals surface area contributed by atoms with Gasteiger partial charge in [-0.1, -0.05) is 53.8 Å². The first-order valence-corrected chi connectivity index (χ1v) is 11.7. The van der Waals surface area contributed by atoms with Crippen LogP contribution in [-0.4, -0.2) is 50.1 Å². The summed E-state index contributed by atoms with van der Waals surface area (Å²) in [5.74, 6) is 0.508. The van der Waals surface area contributed by atoms with Gasteiger partial charge in [0.25, 0.3) is 5.91 Å². The highest BCUT2D eigenvalue weighted by Crippen LogP contribution is 2.39. The van der Waals surface area contributed by atoms with Gasteiger partial charge < -0.3 is 15.0 Å². The Morgan fingerprint density at radius 2 is 1.79 bits per heavy atom. The number of methoxy groups -OCH3 is 1. The fourth-order valence-electron chi connectivity index (χ4n) is 3.53. The van der Waals surface area contributed by atoms with E-state index in [1.54, 1.807) is 7.11 Å². The largest absolute Gasteiger partial charge is 0.494 e. The van der Waals surface area contributed by atoms with Crippen molar-refractivity contribution in [2.75, 3.05) is 39.6 Å². The van der Waals surface area contributed by atoms with Gasteiger partial charge in [0.1, 0.15) is 11.3 Å². The van der Waals surface area contributed by atoms with E-state index in [4.69, 9.17) is 4.74 Å². The van der Waals surface area contributed by atoms with Gasteiger partial charge in [0.2, 0.25) is 0 Å². The average Bonchev–Trinajstić information content (AvgIpc) is 3.25. The van der Waals surface area contributed by atoms with Crippen molar-refractivity contribution >= 4 is 32.6 Å². The smallest absolute Gasteiger partial charge is 0.257 e. The van der Waals surface area contributed by atoms with Gasteiger partial charge in [-0.05, 0) is 49.5 Å². The molecule has 0 atom stereocenters. The van der Waals surface area contributed by atoms with Gasteiger partial charge in [0, 0.05) is 30.8 Å². The Balaban J connectivity index is 1.50. The molecule has 1 amide bonds. The Kier molecular flexibility index (Phi) is 7.34. The molecule has 0 unspecified atom stereocenters. The first kappa shape index (κ1) is 22.9. The van der Waals surface area contributed by atoms with Crippen molar-refractivity contribution in [3.8, 4) is 16.9 Å². The van der Waals surface area contributed by atoms with Crippen molar-refractivity contribution in [1.29, 1.82) is 0 Å². The van der Waals surface area contributed by atoms with E-state index < -0.39 is 0 Å². The van der Waals surface area contributed by atoms with Crippen molar-refractivity contribution in [3.63, 3.8) is 0 Å². The van der Waals surface area contributed by atoms with E-state index in [1.165, 1.54) is 11.3 Å². The van der Waals surface area contributed by atoms with E-state index in [9.17, 15) is 4.79 Å². The molecule has 0 aliphatic carbocycles. The number of benzene rings is 3. The average molecular weight is 461 g/mol. The topological polar surface area (TPSA) is 66.5 Å². The molecule has 6 nitrogen and oxygen atoms in total. The molecule has 33 heavy (non-hydrogen) atoms. The summed E-state index contributed by atoms with van der Waals surface area (Å²) in [6.45, 7) is 2.68. The van der Waals surface area contributed by atoms with Gasteiger partial charge in [-0.15, -0.1) is 0 Å². The molecule has 0 fully saturated rings. The molecule has 0 bridgehead atoms. The van der Waals surface area contributed by atoms with Crippen LogP contribution in [-0.2, 0) is 6.54 Å². The molecule has 4 rings (SSSR count). The SMILES string of the molecule is COc1ccc(-c2ccccc2)c2sc(NC(=O)c3ccc(CNCCN(C)C)cc3)nc12. The number of anilines is 1. The molecule has 170 valence electrons. The summed E-state index contributed by atoms with van der Waals surface area (Å²) >= 11 is 1.45. The van der Waals surface area contributed by atoms with Crippen LogP contribution in [0.1, 0.15) is 15.9 Å². The molecule has 4 aromatic rings. The summed E-state index contributed by atoms with van der Waals surface area (Å²) in [6.07, 6.45) is 0. The van der Waals surface area contributed by atoms with E-state index in [2.05, 4.69) is 46.7 Å². The monoisotopic (exact) mass is 460 g/mol. The maximum atomic E-state index is 12.9. The molecule has 0 aliphatic rings. The maximum Gasteiger partial charge on any atom is 0.257 e. The van der Waals surface area contributed by atoms with Crippen molar-refractivity contribution < 1.29 is 9.53 Å². The quantitative estimate of drug-likeness (QED) is 0.349. The lowest BCUT2D eigenvalue weighted by Crippen LogP contribution is -2.26. The van der Waals surface area contributed by atoms with Gasteiger partial charge in [-0.3, -0.25) is 10.1 Å². The van der Waals surface area contributed by atoms with Crippen molar-refractivity contribution in [3.05, 3.63) is 77.9 Å². The number of hydrogen-bond acceptors (Lipinski definition) is 6. The lowest BCUT2D eigenvalue weighted by Gasteiger charge is -2.10. The Morgan fingerprint density at radius 1 is 1.03 bits per heavy atom. The number of likely N-dealkylation sites (N-methyl/N-ethyl adjacent to an activating group) is 1. The third kappa shape index (κ3) is 5.57. The predicted molar refractivity (Wildman–Crippen MR) is 136 cm³/mol. The molecular weight excluding hydrogens is 432 g/mol. The summed E-state index contributed by atoms with van der Waals surface area (Å²) in [7, 11) is 5.74. The van der Waals surface area contributed by atoms with Crippen LogP contribution in [0.4, 0.5) is 5.13 Å². The minimum atomic E-state index is -0.179.